The van der Waals surface area contributed by atoms with Crippen molar-refractivity contribution >= 4 is 11.8 Å². The highest BCUT2D eigenvalue weighted by atomic mass is 16.5. The summed E-state index contributed by atoms with van der Waals surface area (Å²) in [6, 6.07) is 1.70. The first-order valence-electron chi connectivity index (χ1n) is 8.24. The van der Waals surface area contributed by atoms with Gasteiger partial charge in [-0.15, -0.1) is 0 Å². The Morgan fingerprint density at radius 2 is 2.26 bits per heavy atom. The second kappa shape index (κ2) is 6.70. The molecule has 7 nitrogen and oxygen atoms in total. The molecule has 0 saturated carbocycles. The lowest BCUT2D eigenvalue weighted by Gasteiger charge is -2.38. The van der Waals surface area contributed by atoms with E-state index < -0.39 is 0 Å². The smallest absolute Gasteiger partial charge is 0.271 e. The molecule has 23 heavy (non-hydrogen) atoms. The van der Waals surface area contributed by atoms with Gasteiger partial charge in [-0.1, -0.05) is 0 Å². The fourth-order valence-electron chi connectivity index (χ4n) is 3.87. The van der Waals surface area contributed by atoms with Gasteiger partial charge in [0.15, 0.2) is 0 Å². The maximum atomic E-state index is 12.5. The third-order valence-electron chi connectivity index (χ3n) is 5.13. The van der Waals surface area contributed by atoms with Crippen molar-refractivity contribution in [1.82, 2.24) is 20.0 Å². The van der Waals surface area contributed by atoms with Crippen LogP contribution in [0.5, 0.6) is 0 Å². The molecule has 2 amide bonds. The molecule has 2 aliphatic rings. The van der Waals surface area contributed by atoms with E-state index in [2.05, 4.69) is 10.2 Å². The van der Waals surface area contributed by atoms with Crippen LogP contribution in [-0.4, -0.2) is 70.7 Å². The molecule has 3 rings (SSSR count). The minimum atomic E-state index is -0.0986. The Hall–Kier alpha value is -1.89. The molecule has 2 fully saturated rings. The minimum Gasteiger partial charge on any atom is -0.383 e. The van der Waals surface area contributed by atoms with Crippen LogP contribution in [0.15, 0.2) is 12.3 Å². The normalized spacial score (nSPS) is 25.2. The zero-order chi connectivity index (χ0) is 16.3. The van der Waals surface area contributed by atoms with Gasteiger partial charge in [-0.25, -0.2) is 0 Å². The lowest BCUT2D eigenvalue weighted by Crippen LogP contribution is -2.48. The molecule has 126 valence electrons. The highest BCUT2D eigenvalue weighted by molar-refractivity contribution is 5.92. The summed E-state index contributed by atoms with van der Waals surface area (Å²) in [6.45, 7) is 2.61. The van der Waals surface area contributed by atoms with Crippen LogP contribution in [0, 0.1) is 0 Å². The number of ether oxygens (including phenoxy) is 1. The summed E-state index contributed by atoms with van der Waals surface area (Å²) in [4.78, 5) is 28.6. The van der Waals surface area contributed by atoms with Crippen LogP contribution in [0.1, 0.15) is 42.6 Å². The van der Waals surface area contributed by atoms with E-state index in [1.165, 1.54) is 0 Å². The van der Waals surface area contributed by atoms with Gasteiger partial charge in [0.2, 0.25) is 5.91 Å². The molecule has 2 saturated heterocycles. The number of methoxy groups -OCH3 is 1. The first kappa shape index (κ1) is 16.0. The van der Waals surface area contributed by atoms with E-state index in [1.807, 2.05) is 9.80 Å². The Kier molecular flexibility index (Phi) is 4.66. The Morgan fingerprint density at radius 1 is 1.39 bits per heavy atom. The van der Waals surface area contributed by atoms with E-state index >= 15 is 0 Å². The minimum absolute atomic E-state index is 0.00712. The molecule has 1 aromatic rings. The average Bonchev–Trinajstić information content (AvgIpc) is 3.12. The number of aromatic amines is 1. The number of hydrogen-bond donors (Lipinski definition) is 1. The summed E-state index contributed by atoms with van der Waals surface area (Å²) in [6.07, 6.45) is 5.79. The predicted octanol–water partition coefficient (Wildman–Crippen LogP) is 1.04. The van der Waals surface area contributed by atoms with Crippen LogP contribution in [0.2, 0.25) is 0 Å². The number of carbonyl (C=O) groups excluding carboxylic acids is 2. The third kappa shape index (κ3) is 3.10. The summed E-state index contributed by atoms with van der Waals surface area (Å²) < 4.78 is 5.16. The van der Waals surface area contributed by atoms with E-state index in [1.54, 1.807) is 19.4 Å². The molecule has 1 aromatic heterocycles. The standard InChI is InChI=1S/C16H24N4O3/c1-23-12-11-20-14(21)3-6-16(20)5-2-9-19(10-7-16)15(22)13-4-8-17-18-13/h4,8H,2-3,5-7,9-12H2,1H3,(H,17,18). The molecule has 1 spiro atoms. The monoisotopic (exact) mass is 320 g/mol. The van der Waals surface area contributed by atoms with Gasteiger partial charge < -0.3 is 14.5 Å². The van der Waals surface area contributed by atoms with Gasteiger partial charge in [0, 0.05) is 44.9 Å². The third-order valence-corrected chi connectivity index (χ3v) is 5.13. The average molecular weight is 320 g/mol. The largest absolute Gasteiger partial charge is 0.383 e. The number of likely N-dealkylation sites (tertiary alicyclic amines) is 2. The molecule has 1 N–H and O–H groups in total. The Bertz CT molecular complexity index is 560. The highest BCUT2D eigenvalue weighted by Gasteiger charge is 2.45. The van der Waals surface area contributed by atoms with Gasteiger partial charge in [-0.05, 0) is 31.7 Å². The van der Waals surface area contributed by atoms with Gasteiger partial charge in [-0.3, -0.25) is 14.7 Å². The van der Waals surface area contributed by atoms with Gasteiger partial charge in [0.05, 0.1) is 6.61 Å². The van der Waals surface area contributed by atoms with Gasteiger partial charge in [0.1, 0.15) is 5.69 Å². The molecule has 1 atom stereocenters. The summed E-state index contributed by atoms with van der Waals surface area (Å²) in [7, 11) is 1.66. The van der Waals surface area contributed by atoms with E-state index in [-0.39, 0.29) is 17.4 Å². The van der Waals surface area contributed by atoms with Crippen molar-refractivity contribution in [2.24, 2.45) is 0 Å². The molecule has 0 aliphatic carbocycles. The van der Waals surface area contributed by atoms with Crippen LogP contribution in [0.3, 0.4) is 0 Å². The summed E-state index contributed by atoms with van der Waals surface area (Å²) in [5, 5.41) is 6.59. The Balaban J connectivity index is 1.70. The molecular formula is C16H24N4O3. The zero-order valence-electron chi connectivity index (χ0n) is 13.6. The van der Waals surface area contributed by atoms with Crippen molar-refractivity contribution in [3.05, 3.63) is 18.0 Å². The second-order valence-electron chi connectivity index (χ2n) is 6.38. The second-order valence-corrected chi connectivity index (χ2v) is 6.38. The maximum Gasteiger partial charge on any atom is 0.271 e. The van der Waals surface area contributed by atoms with Gasteiger partial charge >= 0.3 is 0 Å². The fraction of sp³-hybridized carbons (Fsp3) is 0.688. The van der Waals surface area contributed by atoms with E-state index in [0.29, 0.717) is 31.8 Å². The van der Waals surface area contributed by atoms with Crippen LogP contribution in [0.4, 0.5) is 0 Å². The first-order valence-corrected chi connectivity index (χ1v) is 8.24. The summed E-state index contributed by atoms with van der Waals surface area (Å²) in [5.74, 6) is 0.211. The number of rotatable bonds is 4. The quantitative estimate of drug-likeness (QED) is 0.899. The van der Waals surface area contributed by atoms with Crippen molar-refractivity contribution in [2.75, 3.05) is 33.4 Å². The fourth-order valence-corrected chi connectivity index (χ4v) is 3.87. The lowest BCUT2D eigenvalue weighted by molar-refractivity contribution is -0.132. The van der Waals surface area contributed by atoms with E-state index in [9.17, 15) is 9.59 Å². The first-order chi connectivity index (χ1) is 11.2. The molecule has 0 radical (unpaired) electrons. The molecule has 7 heteroatoms. The van der Waals surface area contributed by atoms with Crippen LogP contribution < -0.4 is 0 Å². The summed E-state index contributed by atoms with van der Waals surface area (Å²) in [5.41, 5.74) is 0.429. The molecule has 1 unspecified atom stereocenters. The molecular weight excluding hydrogens is 296 g/mol. The molecule has 2 aliphatic heterocycles. The number of carbonyl (C=O) groups is 2. The van der Waals surface area contributed by atoms with Gasteiger partial charge in [-0.2, -0.15) is 5.10 Å². The number of aromatic nitrogens is 2. The highest BCUT2D eigenvalue weighted by Crippen LogP contribution is 2.39. The van der Waals surface area contributed by atoms with Crippen LogP contribution in [-0.2, 0) is 9.53 Å². The summed E-state index contributed by atoms with van der Waals surface area (Å²) >= 11 is 0. The van der Waals surface area contributed by atoms with Crippen molar-refractivity contribution in [1.29, 1.82) is 0 Å². The number of amides is 2. The van der Waals surface area contributed by atoms with Crippen molar-refractivity contribution in [2.45, 2.75) is 37.6 Å². The number of hydrogen-bond acceptors (Lipinski definition) is 4. The Morgan fingerprint density at radius 3 is 3.00 bits per heavy atom. The molecule has 0 bridgehead atoms. The maximum absolute atomic E-state index is 12.5. The van der Waals surface area contributed by atoms with Crippen LogP contribution in [0.25, 0.3) is 0 Å². The topological polar surface area (TPSA) is 78.5 Å². The van der Waals surface area contributed by atoms with Gasteiger partial charge in [0.25, 0.3) is 5.91 Å². The van der Waals surface area contributed by atoms with Crippen molar-refractivity contribution in [3.8, 4) is 0 Å². The van der Waals surface area contributed by atoms with E-state index in [4.69, 9.17) is 4.74 Å². The number of nitrogens with zero attached hydrogens (tertiary/aromatic N) is 3. The number of nitrogens with one attached hydrogen (secondary N) is 1. The molecule has 3 heterocycles. The molecule has 0 aromatic carbocycles. The van der Waals surface area contributed by atoms with Crippen molar-refractivity contribution < 1.29 is 14.3 Å². The Labute approximate surface area is 136 Å². The number of H-pyrrole nitrogens is 1. The predicted molar refractivity (Wildman–Crippen MR) is 83.9 cm³/mol. The SMILES string of the molecule is COCCN1C(=O)CCC12CCCN(C(=O)c1ccn[nH]1)CC2. The van der Waals surface area contributed by atoms with Crippen LogP contribution >= 0.6 is 0 Å². The van der Waals surface area contributed by atoms with Crippen molar-refractivity contribution in [3.63, 3.8) is 0 Å². The zero-order valence-corrected chi connectivity index (χ0v) is 13.6. The van der Waals surface area contributed by atoms with E-state index in [0.717, 1.165) is 32.2 Å². The lowest BCUT2D eigenvalue weighted by atomic mass is 9.88.